The highest BCUT2D eigenvalue weighted by atomic mass is 16.5. The predicted molar refractivity (Wildman–Crippen MR) is 120 cm³/mol. The van der Waals surface area contributed by atoms with Crippen molar-refractivity contribution < 1.29 is 9.53 Å². The molecule has 30 heavy (non-hydrogen) atoms. The molecule has 0 radical (unpaired) electrons. The van der Waals surface area contributed by atoms with Gasteiger partial charge in [-0.2, -0.15) is 0 Å². The highest BCUT2D eigenvalue weighted by Gasteiger charge is 2.31. The first-order valence-corrected chi connectivity index (χ1v) is 10.3. The van der Waals surface area contributed by atoms with E-state index in [4.69, 9.17) is 4.74 Å². The molecule has 154 valence electrons. The van der Waals surface area contributed by atoms with Gasteiger partial charge in [0.2, 0.25) is 0 Å². The standard InChI is InChI=1S/C25H27N3O2/c1-18-8-6-7-11-24(18)19(2)26-21-16-28(17-21)25(29)27-20-12-14-23(15-13-20)30-22-9-4-3-5-10-22/h3-15,19,21,26H,16-17H2,1-2H3,(H,27,29). The number of carbonyl (C=O) groups is 1. The van der Waals surface area contributed by atoms with Crippen LogP contribution in [0.2, 0.25) is 0 Å². The quantitative estimate of drug-likeness (QED) is 0.585. The van der Waals surface area contributed by atoms with E-state index in [9.17, 15) is 4.79 Å². The van der Waals surface area contributed by atoms with Crippen molar-refractivity contribution >= 4 is 11.7 Å². The zero-order valence-electron chi connectivity index (χ0n) is 17.3. The lowest BCUT2D eigenvalue weighted by Crippen LogP contribution is -2.61. The number of anilines is 1. The van der Waals surface area contributed by atoms with E-state index in [1.54, 1.807) is 0 Å². The number of amides is 2. The molecule has 0 saturated carbocycles. The predicted octanol–water partition coefficient (Wildman–Crippen LogP) is 5.35. The Kier molecular flexibility index (Phi) is 6.00. The second-order valence-electron chi connectivity index (χ2n) is 7.72. The molecule has 5 nitrogen and oxygen atoms in total. The first kappa shape index (κ1) is 20.0. The summed E-state index contributed by atoms with van der Waals surface area (Å²) in [4.78, 5) is 14.3. The van der Waals surface area contributed by atoms with Crippen LogP contribution < -0.4 is 15.4 Å². The van der Waals surface area contributed by atoms with E-state index in [-0.39, 0.29) is 12.1 Å². The number of nitrogens with one attached hydrogen (secondary N) is 2. The molecule has 3 aromatic carbocycles. The van der Waals surface area contributed by atoms with E-state index < -0.39 is 0 Å². The molecule has 2 N–H and O–H groups in total. The first-order valence-electron chi connectivity index (χ1n) is 10.3. The van der Waals surface area contributed by atoms with Crippen molar-refractivity contribution in [1.29, 1.82) is 0 Å². The molecule has 0 spiro atoms. The van der Waals surface area contributed by atoms with E-state index in [0.29, 0.717) is 19.1 Å². The maximum absolute atomic E-state index is 12.5. The normalized spacial score (nSPS) is 14.7. The van der Waals surface area contributed by atoms with Gasteiger partial charge in [-0.15, -0.1) is 0 Å². The molecule has 0 bridgehead atoms. The van der Waals surface area contributed by atoms with Gasteiger partial charge in [-0.1, -0.05) is 42.5 Å². The number of hydrogen-bond acceptors (Lipinski definition) is 3. The van der Waals surface area contributed by atoms with Crippen LogP contribution in [-0.2, 0) is 0 Å². The maximum atomic E-state index is 12.5. The fourth-order valence-corrected chi connectivity index (χ4v) is 3.70. The van der Waals surface area contributed by atoms with Gasteiger partial charge in [0, 0.05) is 30.9 Å². The van der Waals surface area contributed by atoms with Gasteiger partial charge in [0.25, 0.3) is 0 Å². The fourth-order valence-electron chi connectivity index (χ4n) is 3.70. The van der Waals surface area contributed by atoms with Crippen molar-refractivity contribution in [2.24, 2.45) is 0 Å². The molecular formula is C25H27N3O2. The SMILES string of the molecule is Cc1ccccc1C(C)NC1CN(C(=O)Nc2ccc(Oc3ccccc3)cc2)C1. The highest BCUT2D eigenvalue weighted by molar-refractivity contribution is 5.90. The van der Waals surface area contributed by atoms with Crippen LogP contribution >= 0.6 is 0 Å². The lowest BCUT2D eigenvalue weighted by Gasteiger charge is -2.41. The number of benzene rings is 3. The van der Waals surface area contributed by atoms with E-state index in [1.165, 1.54) is 11.1 Å². The summed E-state index contributed by atoms with van der Waals surface area (Å²) in [7, 11) is 0. The lowest BCUT2D eigenvalue weighted by atomic mass is 10.0. The lowest BCUT2D eigenvalue weighted by molar-refractivity contribution is 0.143. The molecule has 0 aliphatic carbocycles. The molecule has 1 atom stereocenters. The van der Waals surface area contributed by atoms with Crippen molar-refractivity contribution in [2.75, 3.05) is 18.4 Å². The Morgan fingerprint density at radius 3 is 2.27 bits per heavy atom. The molecule has 1 aliphatic rings. The molecule has 1 aliphatic heterocycles. The van der Waals surface area contributed by atoms with E-state index in [2.05, 4.69) is 48.7 Å². The number of nitrogens with zero attached hydrogens (tertiary/aromatic N) is 1. The van der Waals surface area contributed by atoms with Crippen LogP contribution in [0, 0.1) is 6.92 Å². The monoisotopic (exact) mass is 401 g/mol. The van der Waals surface area contributed by atoms with Crippen LogP contribution in [0.25, 0.3) is 0 Å². The molecule has 0 aromatic heterocycles. The van der Waals surface area contributed by atoms with E-state index in [1.807, 2.05) is 59.5 Å². The van der Waals surface area contributed by atoms with Gasteiger partial charge in [-0.3, -0.25) is 0 Å². The Hall–Kier alpha value is -3.31. The average molecular weight is 402 g/mol. The molecular weight excluding hydrogens is 374 g/mol. The van der Waals surface area contributed by atoms with Gasteiger partial charge < -0.3 is 20.3 Å². The molecule has 3 aromatic rings. The van der Waals surface area contributed by atoms with Crippen LogP contribution in [0.15, 0.2) is 78.9 Å². The Bertz CT molecular complexity index is 983. The Balaban J connectivity index is 1.24. The van der Waals surface area contributed by atoms with Gasteiger partial charge >= 0.3 is 6.03 Å². The van der Waals surface area contributed by atoms with Gasteiger partial charge in [-0.25, -0.2) is 4.79 Å². The summed E-state index contributed by atoms with van der Waals surface area (Å²) in [5.41, 5.74) is 3.34. The second-order valence-corrected chi connectivity index (χ2v) is 7.72. The summed E-state index contributed by atoms with van der Waals surface area (Å²) in [5, 5.41) is 6.57. The topological polar surface area (TPSA) is 53.6 Å². The molecule has 1 fully saturated rings. The number of ether oxygens (including phenoxy) is 1. The Labute approximate surface area is 177 Å². The minimum absolute atomic E-state index is 0.0756. The fraction of sp³-hybridized carbons (Fsp3) is 0.240. The van der Waals surface area contributed by atoms with Crippen LogP contribution in [0.5, 0.6) is 11.5 Å². The highest BCUT2D eigenvalue weighted by Crippen LogP contribution is 2.24. The number of para-hydroxylation sites is 1. The molecule has 5 heteroatoms. The molecule has 1 heterocycles. The van der Waals surface area contributed by atoms with Crippen LogP contribution in [0.3, 0.4) is 0 Å². The van der Waals surface area contributed by atoms with Crippen molar-refractivity contribution in [3.05, 3.63) is 90.0 Å². The zero-order chi connectivity index (χ0) is 20.9. The van der Waals surface area contributed by atoms with Crippen molar-refractivity contribution in [3.8, 4) is 11.5 Å². The summed E-state index contributed by atoms with van der Waals surface area (Å²) in [5.74, 6) is 1.52. The van der Waals surface area contributed by atoms with Gasteiger partial charge in [0.1, 0.15) is 11.5 Å². The number of aryl methyl sites for hydroxylation is 1. The van der Waals surface area contributed by atoms with Crippen LogP contribution in [0.4, 0.5) is 10.5 Å². The number of likely N-dealkylation sites (tertiary alicyclic amines) is 1. The average Bonchev–Trinajstić information content (AvgIpc) is 2.72. The van der Waals surface area contributed by atoms with Crippen molar-refractivity contribution in [1.82, 2.24) is 10.2 Å². The third kappa shape index (κ3) is 4.81. The Morgan fingerprint density at radius 1 is 0.933 bits per heavy atom. The van der Waals surface area contributed by atoms with Crippen LogP contribution in [-0.4, -0.2) is 30.1 Å². The largest absolute Gasteiger partial charge is 0.457 e. The molecule has 1 saturated heterocycles. The zero-order valence-corrected chi connectivity index (χ0v) is 17.3. The number of hydrogen-bond donors (Lipinski definition) is 2. The summed E-state index contributed by atoms with van der Waals surface area (Å²) in [6, 6.07) is 25.9. The minimum Gasteiger partial charge on any atom is -0.457 e. The third-order valence-electron chi connectivity index (χ3n) is 5.39. The summed E-state index contributed by atoms with van der Waals surface area (Å²) >= 11 is 0. The molecule has 1 unspecified atom stereocenters. The van der Waals surface area contributed by atoms with Crippen molar-refractivity contribution in [2.45, 2.75) is 25.9 Å². The smallest absolute Gasteiger partial charge is 0.321 e. The number of urea groups is 1. The molecule has 2 amide bonds. The number of carbonyl (C=O) groups excluding carboxylic acids is 1. The van der Waals surface area contributed by atoms with Gasteiger partial charge in [-0.05, 0) is 61.4 Å². The Morgan fingerprint density at radius 2 is 1.57 bits per heavy atom. The summed E-state index contributed by atoms with van der Waals surface area (Å²) in [6.45, 7) is 5.71. The summed E-state index contributed by atoms with van der Waals surface area (Å²) < 4.78 is 5.78. The summed E-state index contributed by atoms with van der Waals surface area (Å²) in [6.07, 6.45) is 0. The maximum Gasteiger partial charge on any atom is 0.321 e. The van der Waals surface area contributed by atoms with E-state index in [0.717, 1.165) is 17.2 Å². The third-order valence-corrected chi connectivity index (χ3v) is 5.39. The van der Waals surface area contributed by atoms with Gasteiger partial charge in [0.15, 0.2) is 0 Å². The van der Waals surface area contributed by atoms with Gasteiger partial charge in [0.05, 0.1) is 0 Å². The van der Waals surface area contributed by atoms with Crippen molar-refractivity contribution in [3.63, 3.8) is 0 Å². The minimum atomic E-state index is -0.0756. The second kappa shape index (κ2) is 9.01. The molecule has 4 rings (SSSR count). The van der Waals surface area contributed by atoms with Crippen LogP contribution in [0.1, 0.15) is 24.1 Å². The number of rotatable bonds is 6. The first-order chi connectivity index (χ1) is 14.6. The van der Waals surface area contributed by atoms with E-state index >= 15 is 0 Å².